The topological polar surface area (TPSA) is 88.1 Å². The molecule has 9 heteroatoms. The summed E-state index contributed by atoms with van der Waals surface area (Å²) in [5, 5.41) is 3.96. The van der Waals surface area contributed by atoms with Crippen LogP contribution in [0.25, 0.3) is 0 Å². The predicted molar refractivity (Wildman–Crippen MR) is 133 cm³/mol. The van der Waals surface area contributed by atoms with Crippen LogP contribution in [0.2, 0.25) is 0 Å². The Bertz CT molecular complexity index is 1210. The van der Waals surface area contributed by atoms with Crippen molar-refractivity contribution in [2.24, 2.45) is 5.10 Å². The number of nitrogens with zero attached hydrogens (tertiary/aromatic N) is 2. The molecule has 0 bridgehead atoms. The van der Waals surface area contributed by atoms with Crippen LogP contribution in [-0.2, 0) is 14.8 Å². The second-order valence-corrected chi connectivity index (χ2v) is 10.1. The Morgan fingerprint density at radius 1 is 1.06 bits per heavy atom. The lowest BCUT2D eigenvalue weighted by Crippen LogP contribution is -2.39. The number of benzene rings is 3. The van der Waals surface area contributed by atoms with E-state index < -0.39 is 22.5 Å². The van der Waals surface area contributed by atoms with Gasteiger partial charge in [-0.15, -0.1) is 0 Å². The molecule has 0 unspecified atom stereocenters. The lowest BCUT2D eigenvalue weighted by molar-refractivity contribution is -0.119. The molecule has 1 amide bonds. The summed E-state index contributed by atoms with van der Waals surface area (Å²) in [6.07, 6.45) is 1.55. The molecule has 0 heterocycles. The fourth-order valence-electron chi connectivity index (χ4n) is 2.92. The van der Waals surface area contributed by atoms with Crippen LogP contribution in [0, 0.1) is 0 Å². The van der Waals surface area contributed by atoms with Crippen LogP contribution >= 0.6 is 15.9 Å². The number of rotatable bonds is 9. The summed E-state index contributed by atoms with van der Waals surface area (Å²) in [6, 6.07) is 21.9. The molecule has 0 saturated carbocycles. The average molecular weight is 530 g/mol. The maximum atomic E-state index is 13.3. The molecular weight excluding hydrogens is 506 g/mol. The Morgan fingerprint density at radius 3 is 2.39 bits per heavy atom. The van der Waals surface area contributed by atoms with Gasteiger partial charge in [-0.2, -0.15) is 5.10 Å². The van der Waals surface area contributed by atoms with Gasteiger partial charge in [0.25, 0.3) is 15.9 Å². The quantitative estimate of drug-likeness (QED) is 0.324. The first kappa shape index (κ1) is 24.5. The number of hydrogen-bond acceptors (Lipinski definition) is 5. The number of carbonyl (C=O) groups is 1. The van der Waals surface area contributed by atoms with Crippen molar-refractivity contribution >= 4 is 43.8 Å². The highest BCUT2D eigenvalue weighted by atomic mass is 79.9. The number of amides is 1. The molecule has 0 fully saturated rings. The van der Waals surface area contributed by atoms with Crippen LogP contribution in [0.5, 0.6) is 5.75 Å². The van der Waals surface area contributed by atoms with Crippen molar-refractivity contribution in [1.82, 2.24) is 5.43 Å². The Balaban J connectivity index is 1.75. The van der Waals surface area contributed by atoms with Crippen molar-refractivity contribution in [3.8, 4) is 5.75 Å². The summed E-state index contributed by atoms with van der Waals surface area (Å²) >= 11 is 3.35. The smallest absolute Gasteiger partial charge is 0.264 e. The molecule has 0 atom stereocenters. The molecule has 0 aromatic heterocycles. The van der Waals surface area contributed by atoms with Crippen LogP contribution < -0.4 is 14.5 Å². The first-order chi connectivity index (χ1) is 15.8. The van der Waals surface area contributed by atoms with E-state index in [1.807, 2.05) is 26.0 Å². The van der Waals surface area contributed by atoms with Crippen LogP contribution in [0.4, 0.5) is 5.69 Å². The molecule has 0 radical (unpaired) electrons. The van der Waals surface area contributed by atoms with Crippen LogP contribution in [0.15, 0.2) is 93.3 Å². The Morgan fingerprint density at radius 2 is 1.76 bits per heavy atom. The number of hydrogen-bond donors (Lipinski definition) is 1. The summed E-state index contributed by atoms with van der Waals surface area (Å²) in [5.74, 6) is 0.160. The minimum atomic E-state index is -3.97. The zero-order chi connectivity index (χ0) is 23.8. The third-order valence-electron chi connectivity index (χ3n) is 4.37. The maximum absolute atomic E-state index is 13.3. The van der Waals surface area contributed by atoms with Crippen molar-refractivity contribution in [1.29, 1.82) is 0 Å². The van der Waals surface area contributed by atoms with Gasteiger partial charge in [-0.05, 0) is 74.0 Å². The van der Waals surface area contributed by atoms with Gasteiger partial charge in [0.1, 0.15) is 12.3 Å². The van der Waals surface area contributed by atoms with Crippen LogP contribution in [-0.4, -0.2) is 33.2 Å². The van der Waals surface area contributed by atoms with E-state index in [-0.39, 0.29) is 11.0 Å². The third kappa shape index (κ3) is 6.90. The van der Waals surface area contributed by atoms with Gasteiger partial charge >= 0.3 is 0 Å². The summed E-state index contributed by atoms with van der Waals surface area (Å²) in [5.41, 5.74) is 3.51. The fourth-order valence-corrected chi connectivity index (χ4v) is 4.74. The molecule has 3 aromatic rings. The number of ether oxygens (including phenoxy) is 1. The number of anilines is 1. The second-order valence-electron chi connectivity index (χ2n) is 7.33. The summed E-state index contributed by atoms with van der Waals surface area (Å²) in [7, 11) is -3.97. The number of sulfonamides is 1. The molecular formula is C24H24BrN3O4S. The van der Waals surface area contributed by atoms with Crippen molar-refractivity contribution in [3.05, 3.63) is 88.9 Å². The van der Waals surface area contributed by atoms with Gasteiger partial charge in [0, 0.05) is 4.47 Å². The summed E-state index contributed by atoms with van der Waals surface area (Å²) < 4.78 is 33.9. The van der Waals surface area contributed by atoms with Gasteiger partial charge < -0.3 is 4.74 Å². The van der Waals surface area contributed by atoms with Gasteiger partial charge in [-0.25, -0.2) is 13.8 Å². The molecule has 0 aliphatic carbocycles. The first-order valence-corrected chi connectivity index (χ1v) is 12.4. The molecule has 7 nitrogen and oxygen atoms in total. The predicted octanol–water partition coefficient (Wildman–Crippen LogP) is 4.58. The SMILES string of the molecule is CC(C)Oc1ccc(/C=N\NC(=O)CN(c2cccc(Br)c2)S(=O)(=O)c2ccccc2)cc1. The van der Waals surface area contributed by atoms with Crippen molar-refractivity contribution < 1.29 is 17.9 Å². The van der Waals surface area contributed by atoms with E-state index in [9.17, 15) is 13.2 Å². The van der Waals surface area contributed by atoms with Crippen molar-refractivity contribution in [3.63, 3.8) is 0 Å². The van der Waals surface area contributed by atoms with E-state index in [4.69, 9.17) is 4.74 Å². The molecule has 1 N–H and O–H groups in total. The minimum Gasteiger partial charge on any atom is -0.491 e. The molecule has 0 aliphatic heterocycles. The number of carbonyl (C=O) groups excluding carboxylic acids is 1. The lowest BCUT2D eigenvalue weighted by atomic mass is 10.2. The van der Waals surface area contributed by atoms with Crippen molar-refractivity contribution in [2.45, 2.75) is 24.8 Å². The molecule has 3 aromatic carbocycles. The maximum Gasteiger partial charge on any atom is 0.264 e. The van der Waals surface area contributed by atoms with E-state index in [0.717, 1.165) is 15.6 Å². The van der Waals surface area contributed by atoms with Gasteiger partial charge in [-0.3, -0.25) is 9.10 Å². The summed E-state index contributed by atoms with van der Waals surface area (Å²) in [4.78, 5) is 12.7. The average Bonchev–Trinajstić information content (AvgIpc) is 2.79. The highest BCUT2D eigenvalue weighted by Crippen LogP contribution is 2.26. The van der Waals surface area contributed by atoms with Crippen LogP contribution in [0.1, 0.15) is 19.4 Å². The van der Waals surface area contributed by atoms with E-state index in [1.54, 1.807) is 54.6 Å². The second kappa shape index (κ2) is 11.1. The molecule has 0 spiro atoms. The standard InChI is InChI=1S/C24H24BrN3O4S/c1-18(2)32-22-13-11-19(12-14-22)16-26-27-24(29)17-28(21-8-6-7-20(25)15-21)33(30,31)23-9-4-3-5-10-23/h3-16,18H,17H2,1-2H3,(H,27,29)/b26-16-. The van der Waals surface area contributed by atoms with Gasteiger partial charge in [0.2, 0.25) is 0 Å². The van der Waals surface area contributed by atoms with Gasteiger partial charge in [0.05, 0.1) is 22.9 Å². The Kier molecular flexibility index (Phi) is 8.24. The molecule has 3 rings (SSSR count). The molecule has 172 valence electrons. The first-order valence-electron chi connectivity index (χ1n) is 10.2. The highest BCUT2D eigenvalue weighted by Gasteiger charge is 2.27. The molecule has 0 aliphatic rings. The Hall–Kier alpha value is -3.17. The highest BCUT2D eigenvalue weighted by molar-refractivity contribution is 9.10. The van der Waals surface area contributed by atoms with Crippen LogP contribution in [0.3, 0.4) is 0 Å². The monoisotopic (exact) mass is 529 g/mol. The van der Waals surface area contributed by atoms with Crippen molar-refractivity contribution in [2.75, 3.05) is 10.8 Å². The van der Waals surface area contributed by atoms with E-state index in [2.05, 4.69) is 26.5 Å². The number of hydrazone groups is 1. The van der Waals surface area contributed by atoms with Gasteiger partial charge in [0.15, 0.2) is 0 Å². The Labute approximate surface area is 202 Å². The van der Waals surface area contributed by atoms with Gasteiger partial charge in [-0.1, -0.05) is 40.2 Å². The summed E-state index contributed by atoms with van der Waals surface area (Å²) in [6.45, 7) is 3.45. The molecule has 33 heavy (non-hydrogen) atoms. The largest absolute Gasteiger partial charge is 0.491 e. The zero-order valence-electron chi connectivity index (χ0n) is 18.2. The normalized spacial score (nSPS) is 11.5. The van der Waals surface area contributed by atoms with E-state index in [1.165, 1.54) is 18.3 Å². The third-order valence-corrected chi connectivity index (χ3v) is 6.65. The number of nitrogens with one attached hydrogen (secondary N) is 1. The van der Waals surface area contributed by atoms with E-state index >= 15 is 0 Å². The van der Waals surface area contributed by atoms with E-state index in [0.29, 0.717) is 10.2 Å². The fraction of sp³-hybridized carbons (Fsp3) is 0.167. The number of halogens is 1. The minimum absolute atomic E-state index is 0.0733. The molecule has 0 saturated heterocycles. The zero-order valence-corrected chi connectivity index (χ0v) is 20.6. The lowest BCUT2D eigenvalue weighted by Gasteiger charge is -2.23.